The normalized spacial score (nSPS) is 12.2. The minimum atomic E-state index is -1.88. The van der Waals surface area contributed by atoms with E-state index in [2.05, 4.69) is 33.9 Å². The van der Waals surface area contributed by atoms with Crippen LogP contribution in [-0.2, 0) is 8.85 Å². The molecule has 0 radical (unpaired) electrons. The lowest BCUT2D eigenvalue weighted by molar-refractivity contribution is 0.171. The van der Waals surface area contributed by atoms with Gasteiger partial charge in [0.15, 0.2) is 0 Å². The lowest BCUT2D eigenvalue weighted by Crippen LogP contribution is -2.35. The lowest BCUT2D eigenvalue weighted by atomic mass is 10.1. The Hall–Kier alpha value is 0.137. The van der Waals surface area contributed by atoms with Crippen LogP contribution in [0.3, 0.4) is 0 Å². The molecule has 0 aliphatic rings. The monoisotopic (exact) mass is 372 g/mol. The highest BCUT2D eigenvalue weighted by atomic mass is 28.4. The molecule has 0 rings (SSSR count). The van der Waals surface area contributed by atoms with Crippen molar-refractivity contribution in [3.63, 3.8) is 0 Å². The number of unbranched alkanes of at least 4 members (excludes halogenated alkanes) is 11. The second kappa shape index (κ2) is 17.5. The Morgan fingerprint density at radius 3 is 1.44 bits per heavy atom. The zero-order valence-electron chi connectivity index (χ0n) is 18.2. The topological polar surface area (TPSA) is 18.5 Å². The molecule has 0 aromatic carbocycles. The summed E-state index contributed by atoms with van der Waals surface area (Å²) in [5.41, 5.74) is 0. The largest absolute Gasteiger partial charge is 0.395 e. The number of hydrogen-bond donors (Lipinski definition) is 0. The van der Waals surface area contributed by atoms with Gasteiger partial charge in [-0.15, -0.1) is 0 Å². The van der Waals surface area contributed by atoms with Crippen LogP contribution in [0.15, 0.2) is 0 Å². The van der Waals surface area contributed by atoms with Crippen LogP contribution in [0.2, 0.25) is 13.1 Å². The van der Waals surface area contributed by atoms with Crippen LogP contribution < -0.4 is 0 Å². The van der Waals surface area contributed by atoms with Gasteiger partial charge < -0.3 is 8.85 Å². The standard InChI is InChI=1S/C22H48O2Si/c1-6-7-8-9-10-11-12-13-14-15-16-17-20-23-25(4,5)24-21-18-19-22(2)3/h22H,6-21H2,1-5H3. The molecule has 0 amide bonds. The molecule has 0 aromatic heterocycles. The van der Waals surface area contributed by atoms with Gasteiger partial charge in [-0.05, 0) is 38.3 Å². The van der Waals surface area contributed by atoms with E-state index in [1.807, 2.05) is 0 Å². The van der Waals surface area contributed by atoms with Gasteiger partial charge in [0.2, 0.25) is 0 Å². The first-order valence-corrected chi connectivity index (χ1v) is 14.1. The summed E-state index contributed by atoms with van der Waals surface area (Å²) in [4.78, 5) is 0. The molecule has 0 saturated heterocycles. The predicted molar refractivity (Wildman–Crippen MR) is 115 cm³/mol. The Bertz CT molecular complexity index is 267. The van der Waals surface area contributed by atoms with Gasteiger partial charge in [-0.3, -0.25) is 0 Å². The average molecular weight is 373 g/mol. The molecule has 0 aliphatic heterocycles. The molecular formula is C22H48O2Si. The fourth-order valence-electron chi connectivity index (χ4n) is 3.11. The summed E-state index contributed by atoms with van der Waals surface area (Å²) in [6.07, 6.45) is 19.1. The first-order valence-electron chi connectivity index (χ1n) is 11.3. The quantitative estimate of drug-likeness (QED) is 0.170. The van der Waals surface area contributed by atoms with Gasteiger partial charge in [0, 0.05) is 13.2 Å². The van der Waals surface area contributed by atoms with Crippen LogP contribution in [0.4, 0.5) is 0 Å². The van der Waals surface area contributed by atoms with Gasteiger partial charge >= 0.3 is 8.56 Å². The van der Waals surface area contributed by atoms with Crippen molar-refractivity contribution in [3.8, 4) is 0 Å². The molecule has 3 heteroatoms. The van der Waals surface area contributed by atoms with Crippen molar-refractivity contribution >= 4 is 8.56 Å². The molecule has 0 spiro atoms. The molecule has 0 unspecified atom stereocenters. The predicted octanol–water partition coefficient (Wildman–Crippen LogP) is 7.86. The highest BCUT2D eigenvalue weighted by molar-refractivity contribution is 6.64. The van der Waals surface area contributed by atoms with E-state index >= 15 is 0 Å². The number of rotatable bonds is 19. The maximum Gasteiger partial charge on any atom is 0.331 e. The molecule has 0 heterocycles. The van der Waals surface area contributed by atoms with Crippen LogP contribution in [0, 0.1) is 5.92 Å². The number of hydrogen-bond acceptors (Lipinski definition) is 2. The highest BCUT2D eigenvalue weighted by Crippen LogP contribution is 2.14. The Balaban J connectivity index is 3.28. The summed E-state index contributed by atoms with van der Waals surface area (Å²) >= 11 is 0. The van der Waals surface area contributed by atoms with Gasteiger partial charge in [0.25, 0.3) is 0 Å². The van der Waals surface area contributed by atoms with Gasteiger partial charge in [0.05, 0.1) is 0 Å². The second-order valence-corrected chi connectivity index (χ2v) is 11.9. The van der Waals surface area contributed by atoms with E-state index < -0.39 is 8.56 Å². The second-order valence-electron chi connectivity index (χ2n) is 8.52. The van der Waals surface area contributed by atoms with Crippen LogP contribution >= 0.6 is 0 Å². The molecule has 0 bridgehead atoms. The maximum absolute atomic E-state index is 6.05. The van der Waals surface area contributed by atoms with Gasteiger partial charge in [-0.25, -0.2) is 0 Å². The SMILES string of the molecule is CCCCCCCCCCCCCCO[Si](C)(C)OCCCC(C)C. The van der Waals surface area contributed by atoms with E-state index in [1.165, 1.54) is 83.5 Å². The van der Waals surface area contributed by atoms with Crippen molar-refractivity contribution < 1.29 is 8.85 Å². The molecule has 0 saturated carbocycles. The summed E-state index contributed by atoms with van der Waals surface area (Å²) in [7, 11) is -1.88. The molecule has 0 aliphatic carbocycles. The molecule has 2 nitrogen and oxygen atoms in total. The minimum Gasteiger partial charge on any atom is -0.395 e. The smallest absolute Gasteiger partial charge is 0.331 e. The zero-order chi connectivity index (χ0) is 18.8. The third kappa shape index (κ3) is 20.3. The molecule has 25 heavy (non-hydrogen) atoms. The molecule has 0 atom stereocenters. The molecule has 0 aromatic rings. The van der Waals surface area contributed by atoms with Gasteiger partial charge in [0.1, 0.15) is 0 Å². The van der Waals surface area contributed by atoms with Gasteiger partial charge in [-0.1, -0.05) is 91.4 Å². The molecular weight excluding hydrogens is 324 g/mol. The van der Waals surface area contributed by atoms with Crippen molar-refractivity contribution in [1.29, 1.82) is 0 Å². The summed E-state index contributed by atoms with van der Waals surface area (Å²) in [5.74, 6) is 0.773. The third-order valence-electron chi connectivity index (χ3n) is 4.82. The van der Waals surface area contributed by atoms with E-state index in [-0.39, 0.29) is 0 Å². The molecule has 152 valence electrons. The summed E-state index contributed by atoms with van der Waals surface area (Å²) < 4.78 is 12.0. The van der Waals surface area contributed by atoms with Gasteiger partial charge in [-0.2, -0.15) is 0 Å². The first-order chi connectivity index (χ1) is 12.0. The van der Waals surface area contributed by atoms with Crippen LogP contribution in [0.5, 0.6) is 0 Å². The van der Waals surface area contributed by atoms with E-state index in [0.717, 1.165) is 25.6 Å². The van der Waals surface area contributed by atoms with Crippen LogP contribution in [0.1, 0.15) is 111 Å². The van der Waals surface area contributed by atoms with Crippen molar-refractivity contribution in [1.82, 2.24) is 0 Å². The van der Waals surface area contributed by atoms with E-state index in [4.69, 9.17) is 8.85 Å². The third-order valence-corrected chi connectivity index (χ3v) is 6.62. The average Bonchev–Trinajstić information content (AvgIpc) is 2.56. The van der Waals surface area contributed by atoms with E-state index in [9.17, 15) is 0 Å². The fourth-order valence-corrected chi connectivity index (χ4v) is 4.47. The highest BCUT2D eigenvalue weighted by Gasteiger charge is 2.23. The minimum absolute atomic E-state index is 0.773. The summed E-state index contributed by atoms with van der Waals surface area (Å²) in [6.45, 7) is 13.0. The Morgan fingerprint density at radius 1 is 0.600 bits per heavy atom. The Kier molecular flexibility index (Phi) is 17.6. The van der Waals surface area contributed by atoms with Crippen molar-refractivity contribution in [2.24, 2.45) is 5.92 Å². The zero-order valence-corrected chi connectivity index (χ0v) is 19.2. The molecule has 0 N–H and O–H groups in total. The van der Waals surface area contributed by atoms with E-state index in [0.29, 0.717) is 0 Å². The van der Waals surface area contributed by atoms with E-state index in [1.54, 1.807) is 0 Å². The first kappa shape index (κ1) is 25.1. The van der Waals surface area contributed by atoms with Crippen molar-refractivity contribution in [2.75, 3.05) is 13.2 Å². The van der Waals surface area contributed by atoms with Crippen molar-refractivity contribution in [2.45, 2.75) is 124 Å². The van der Waals surface area contributed by atoms with Crippen molar-refractivity contribution in [3.05, 3.63) is 0 Å². The van der Waals surface area contributed by atoms with Crippen LogP contribution in [0.25, 0.3) is 0 Å². The Morgan fingerprint density at radius 2 is 1.00 bits per heavy atom. The lowest BCUT2D eigenvalue weighted by Gasteiger charge is -2.23. The maximum atomic E-state index is 6.05. The fraction of sp³-hybridized carbons (Fsp3) is 1.00. The summed E-state index contributed by atoms with van der Waals surface area (Å²) in [6, 6.07) is 0. The van der Waals surface area contributed by atoms with Crippen LogP contribution in [-0.4, -0.2) is 21.8 Å². The Labute approximate surface area is 160 Å². The summed E-state index contributed by atoms with van der Waals surface area (Å²) in [5, 5.41) is 0. The molecule has 0 fully saturated rings.